The Balaban J connectivity index is 2.96. The average Bonchev–Trinajstić information content (AvgIpc) is 2.30. The van der Waals surface area contributed by atoms with E-state index in [-0.39, 0.29) is 29.5 Å². The molecule has 0 saturated heterocycles. The van der Waals surface area contributed by atoms with E-state index in [1.54, 1.807) is 14.0 Å². The monoisotopic (exact) mass is 234 g/mol. The molecule has 5 nitrogen and oxygen atoms in total. The van der Waals surface area contributed by atoms with Gasteiger partial charge < -0.3 is 15.1 Å². The summed E-state index contributed by atoms with van der Waals surface area (Å²) in [5.41, 5.74) is 0.0253. The number of benzene rings is 1. The van der Waals surface area contributed by atoms with Crippen LogP contribution in [-0.4, -0.2) is 34.1 Å². The van der Waals surface area contributed by atoms with E-state index >= 15 is 0 Å². The van der Waals surface area contributed by atoms with E-state index in [1.165, 1.54) is 23.1 Å². The van der Waals surface area contributed by atoms with E-state index in [0.717, 1.165) is 0 Å². The Labute approximate surface area is 99.5 Å². The van der Waals surface area contributed by atoms with Gasteiger partial charge in [-0.2, -0.15) is 5.26 Å². The largest absolute Gasteiger partial charge is 0.508 e. The highest BCUT2D eigenvalue weighted by molar-refractivity contribution is 5.97. The van der Waals surface area contributed by atoms with Crippen LogP contribution in [0.25, 0.3) is 0 Å². The fourth-order valence-corrected chi connectivity index (χ4v) is 1.35. The van der Waals surface area contributed by atoms with Crippen molar-refractivity contribution < 1.29 is 15.0 Å². The molecule has 1 aromatic carbocycles. The molecule has 2 N–H and O–H groups in total. The zero-order valence-electron chi connectivity index (χ0n) is 9.71. The first-order valence-corrected chi connectivity index (χ1v) is 5.13. The van der Waals surface area contributed by atoms with Crippen LogP contribution in [0.2, 0.25) is 0 Å². The van der Waals surface area contributed by atoms with Crippen molar-refractivity contribution >= 4 is 5.91 Å². The van der Waals surface area contributed by atoms with E-state index in [1.807, 2.05) is 6.07 Å². The van der Waals surface area contributed by atoms with Crippen molar-refractivity contribution in [2.45, 2.75) is 19.4 Å². The van der Waals surface area contributed by atoms with E-state index in [4.69, 9.17) is 5.26 Å². The molecule has 0 spiro atoms. The summed E-state index contributed by atoms with van der Waals surface area (Å²) in [6, 6.07) is 5.47. The van der Waals surface area contributed by atoms with Gasteiger partial charge >= 0.3 is 0 Å². The summed E-state index contributed by atoms with van der Waals surface area (Å²) in [7, 11) is 1.55. The van der Waals surface area contributed by atoms with Crippen LogP contribution in [0, 0.1) is 11.3 Å². The van der Waals surface area contributed by atoms with Crippen molar-refractivity contribution in [2.24, 2.45) is 0 Å². The number of rotatable bonds is 3. The Bertz CT molecular complexity index is 465. The zero-order chi connectivity index (χ0) is 13.0. The highest BCUT2D eigenvalue weighted by atomic mass is 16.3. The molecule has 1 amide bonds. The van der Waals surface area contributed by atoms with Crippen LogP contribution in [0.4, 0.5) is 0 Å². The predicted molar refractivity (Wildman–Crippen MR) is 61.6 cm³/mol. The van der Waals surface area contributed by atoms with Gasteiger partial charge in [-0.05, 0) is 25.1 Å². The van der Waals surface area contributed by atoms with Crippen LogP contribution in [0.15, 0.2) is 18.2 Å². The van der Waals surface area contributed by atoms with Crippen molar-refractivity contribution in [2.75, 3.05) is 7.05 Å². The lowest BCUT2D eigenvalue weighted by Crippen LogP contribution is -2.34. The summed E-state index contributed by atoms with van der Waals surface area (Å²) in [6.45, 7) is 1.74. The van der Waals surface area contributed by atoms with Crippen molar-refractivity contribution in [1.82, 2.24) is 4.90 Å². The number of phenols is 2. The predicted octanol–water partition coefficient (Wildman–Crippen LogP) is 1.47. The third-order valence-corrected chi connectivity index (χ3v) is 2.58. The molecular formula is C12H14N2O3. The number of hydrogen-bond donors (Lipinski definition) is 2. The van der Waals surface area contributed by atoms with Gasteiger partial charge in [-0.1, -0.05) is 0 Å². The molecular weight excluding hydrogens is 220 g/mol. The van der Waals surface area contributed by atoms with Crippen molar-refractivity contribution in [3.63, 3.8) is 0 Å². The smallest absolute Gasteiger partial charge is 0.257 e. The van der Waals surface area contributed by atoms with Crippen molar-refractivity contribution in [3.05, 3.63) is 23.8 Å². The normalized spacial score (nSPS) is 11.6. The van der Waals surface area contributed by atoms with Crippen LogP contribution < -0.4 is 0 Å². The third-order valence-electron chi connectivity index (χ3n) is 2.58. The standard InChI is InChI=1S/C12H14N2O3/c1-8(5-6-13)14(2)12(17)10-7-9(15)3-4-11(10)16/h3-4,7-8,15-16H,5H2,1-2H3. The molecule has 17 heavy (non-hydrogen) atoms. The second-order valence-corrected chi connectivity index (χ2v) is 3.83. The Kier molecular flexibility index (Phi) is 3.94. The topological polar surface area (TPSA) is 84.6 Å². The number of hydrogen-bond acceptors (Lipinski definition) is 4. The van der Waals surface area contributed by atoms with Gasteiger partial charge in [0, 0.05) is 13.1 Å². The Morgan fingerprint density at radius 1 is 1.53 bits per heavy atom. The molecule has 0 aliphatic carbocycles. The van der Waals surface area contributed by atoms with E-state index in [0.29, 0.717) is 0 Å². The van der Waals surface area contributed by atoms with Crippen molar-refractivity contribution in [3.8, 4) is 17.6 Å². The van der Waals surface area contributed by atoms with Crippen LogP contribution in [-0.2, 0) is 0 Å². The molecule has 0 radical (unpaired) electrons. The molecule has 0 fully saturated rings. The maximum atomic E-state index is 12.0. The molecule has 0 heterocycles. The summed E-state index contributed by atoms with van der Waals surface area (Å²) >= 11 is 0. The first kappa shape index (κ1) is 12.8. The van der Waals surface area contributed by atoms with Crippen molar-refractivity contribution in [1.29, 1.82) is 5.26 Å². The lowest BCUT2D eigenvalue weighted by atomic mass is 10.1. The zero-order valence-corrected chi connectivity index (χ0v) is 9.71. The second-order valence-electron chi connectivity index (χ2n) is 3.83. The third kappa shape index (κ3) is 2.88. The van der Waals surface area contributed by atoms with Gasteiger partial charge in [-0.3, -0.25) is 4.79 Å². The maximum absolute atomic E-state index is 12.0. The Morgan fingerprint density at radius 2 is 2.18 bits per heavy atom. The highest BCUT2D eigenvalue weighted by Crippen LogP contribution is 2.23. The van der Waals surface area contributed by atoms with Gasteiger partial charge in [-0.15, -0.1) is 0 Å². The molecule has 0 saturated carbocycles. The summed E-state index contributed by atoms with van der Waals surface area (Å²) in [5, 5.41) is 27.4. The van der Waals surface area contributed by atoms with Gasteiger partial charge in [-0.25, -0.2) is 0 Å². The molecule has 0 aliphatic heterocycles. The molecule has 90 valence electrons. The number of carbonyl (C=O) groups is 1. The number of aromatic hydroxyl groups is 2. The SMILES string of the molecule is CC(CC#N)N(C)C(=O)c1cc(O)ccc1O. The van der Waals surface area contributed by atoms with Crippen LogP contribution >= 0.6 is 0 Å². The second kappa shape index (κ2) is 5.21. The summed E-state index contributed by atoms with van der Waals surface area (Å²) in [4.78, 5) is 13.3. The van der Waals surface area contributed by atoms with Gasteiger partial charge in [0.05, 0.1) is 18.1 Å². The molecule has 0 aromatic heterocycles. The highest BCUT2D eigenvalue weighted by Gasteiger charge is 2.20. The lowest BCUT2D eigenvalue weighted by molar-refractivity contribution is 0.0743. The number of nitriles is 1. The van der Waals surface area contributed by atoms with Gasteiger partial charge in [0.1, 0.15) is 11.5 Å². The minimum absolute atomic E-state index is 0.0253. The average molecular weight is 234 g/mol. The quantitative estimate of drug-likeness (QED) is 0.775. The number of amides is 1. The molecule has 1 atom stereocenters. The van der Waals surface area contributed by atoms with E-state index in [2.05, 4.69) is 0 Å². The molecule has 1 rings (SSSR count). The summed E-state index contributed by atoms with van der Waals surface area (Å²) in [5.74, 6) is -0.711. The number of nitrogens with zero attached hydrogens (tertiary/aromatic N) is 2. The Hall–Kier alpha value is -2.22. The fourth-order valence-electron chi connectivity index (χ4n) is 1.35. The summed E-state index contributed by atoms with van der Waals surface area (Å²) in [6.07, 6.45) is 0.210. The number of phenolic OH excluding ortho intramolecular Hbond substituents is 2. The lowest BCUT2D eigenvalue weighted by Gasteiger charge is -2.23. The van der Waals surface area contributed by atoms with E-state index < -0.39 is 5.91 Å². The fraction of sp³-hybridized carbons (Fsp3) is 0.333. The number of carbonyl (C=O) groups excluding carboxylic acids is 1. The first-order valence-electron chi connectivity index (χ1n) is 5.13. The van der Waals surface area contributed by atoms with E-state index in [9.17, 15) is 15.0 Å². The first-order chi connectivity index (χ1) is 7.97. The molecule has 1 unspecified atom stereocenters. The molecule has 0 bridgehead atoms. The summed E-state index contributed by atoms with van der Waals surface area (Å²) < 4.78 is 0. The molecule has 5 heteroatoms. The van der Waals surface area contributed by atoms with Gasteiger partial charge in [0.2, 0.25) is 0 Å². The van der Waals surface area contributed by atoms with Gasteiger partial charge in [0.15, 0.2) is 0 Å². The Morgan fingerprint density at radius 3 is 2.76 bits per heavy atom. The van der Waals surface area contributed by atoms with Crippen LogP contribution in [0.3, 0.4) is 0 Å². The van der Waals surface area contributed by atoms with Gasteiger partial charge in [0.25, 0.3) is 5.91 Å². The minimum atomic E-state index is -0.429. The molecule has 1 aromatic rings. The minimum Gasteiger partial charge on any atom is -0.508 e. The molecule has 0 aliphatic rings. The maximum Gasteiger partial charge on any atom is 0.257 e. The van der Waals surface area contributed by atoms with Crippen LogP contribution in [0.5, 0.6) is 11.5 Å². The van der Waals surface area contributed by atoms with Crippen LogP contribution in [0.1, 0.15) is 23.7 Å².